The summed E-state index contributed by atoms with van der Waals surface area (Å²) in [5, 5.41) is 12.7. The van der Waals surface area contributed by atoms with E-state index < -0.39 is 0 Å². The minimum absolute atomic E-state index is 0.0302. The number of unbranched alkanes of at least 4 members (excludes halogenated alkanes) is 1. The first-order valence-corrected chi connectivity index (χ1v) is 6.39. The minimum atomic E-state index is -0.261. The molecular formula is C14H22N2O2. The van der Waals surface area contributed by atoms with Crippen LogP contribution in [0.1, 0.15) is 42.1 Å². The average molecular weight is 250 g/mol. The van der Waals surface area contributed by atoms with Gasteiger partial charge in [0.1, 0.15) is 5.75 Å². The monoisotopic (exact) mass is 250 g/mol. The van der Waals surface area contributed by atoms with E-state index in [1.165, 1.54) is 0 Å². The maximum absolute atomic E-state index is 12.0. The van der Waals surface area contributed by atoms with Crippen LogP contribution in [0, 0.1) is 6.92 Å². The summed E-state index contributed by atoms with van der Waals surface area (Å²) in [6.07, 6.45) is 2.97. The van der Waals surface area contributed by atoms with Crippen molar-refractivity contribution in [1.82, 2.24) is 5.32 Å². The van der Waals surface area contributed by atoms with Crippen molar-refractivity contribution in [3.05, 3.63) is 29.3 Å². The van der Waals surface area contributed by atoms with Gasteiger partial charge in [0.2, 0.25) is 0 Å². The molecule has 0 aliphatic heterocycles. The lowest BCUT2D eigenvalue weighted by Gasteiger charge is -2.17. The predicted octanol–water partition coefficient (Wildman–Crippen LogP) is 1.95. The van der Waals surface area contributed by atoms with Crippen molar-refractivity contribution in [2.24, 2.45) is 5.73 Å². The Bertz CT molecular complexity index is 405. The van der Waals surface area contributed by atoms with Crippen LogP contribution >= 0.6 is 0 Å². The van der Waals surface area contributed by atoms with Gasteiger partial charge in [0, 0.05) is 12.6 Å². The quantitative estimate of drug-likeness (QED) is 0.722. The number of para-hydroxylation sites is 1. The van der Waals surface area contributed by atoms with Crippen LogP contribution in [0.5, 0.6) is 5.75 Å². The van der Waals surface area contributed by atoms with Crippen LogP contribution in [0.3, 0.4) is 0 Å². The third-order valence-corrected chi connectivity index (χ3v) is 3.01. The maximum atomic E-state index is 12.0. The highest BCUT2D eigenvalue weighted by Gasteiger charge is 2.15. The lowest BCUT2D eigenvalue weighted by Crippen LogP contribution is -2.40. The zero-order valence-corrected chi connectivity index (χ0v) is 11.1. The van der Waals surface area contributed by atoms with Crippen LogP contribution < -0.4 is 11.1 Å². The van der Waals surface area contributed by atoms with Gasteiger partial charge in [0.05, 0.1) is 5.56 Å². The third-order valence-electron chi connectivity index (χ3n) is 3.01. The van der Waals surface area contributed by atoms with Crippen molar-refractivity contribution in [1.29, 1.82) is 0 Å². The number of hydrogen-bond donors (Lipinski definition) is 3. The maximum Gasteiger partial charge on any atom is 0.255 e. The summed E-state index contributed by atoms with van der Waals surface area (Å²) in [5.41, 5.74) is 6.64. The first kappa shape index (κ1) is 14.5. The molecule has 0 aromatic heterocycles. The van der Waals surface area contributed by atoms with Gasteiger partial charge in [-0.1, -0.05) is 31.9 Å². The van der Waals surface area contributed by atoms with Crippen molar-refractivity contribution >= 4 is 5.91 Å². The molecule has 0 saturated carbocycles. The number of nitrogens with one attached hydrogen (secondary N) is 1. The van der Waals surface area contributed by atoms with Crippen molar-refractivity contribution in [2.45, 2.75) is 39.2 Å². The van der Waals surface area contributed by atoms with E-state index in [4.69, 9.17) is 5.73 Å². The molecule has 1 aromatic carbocycles. The molecule has 4 nitrogen and oxygen atoms in total. The van der Waals surface area contributed by atoms with Crippen LogP contribution in [0.15, 0.2) is 18.2 Å². The SMILES string of the molecule is CCCCC(CN)NC(=O)c1cccc(C)c1O. The lowest BCUT2D eigenvalue weighted by molar-refractivity contribution is 0.0933. The number of carbonyl (C=O) groups is 1. The van der Waals surface area contributed by atoms with E-state index >= 15 is 0 Å². The molecule has 0 spiro atoms. The van der Waals surface area contributed by atoms with Crippen LogP contribution in [0.25, 0.3) is 0 Å². The Kier molecular flexibility index (Phi) is 5.65. The predicted molar refractivity (Wildman–Crippen MR) is 72.7 cm³/mol. The van der Waals surface area contributed by atoms with E-state index in [-0.39, 0.29) is 17.7 Å². The molecule has 0 fully saturated rings. The van der Waals surface area contributed by atoms with Crippen LogP contribution in [-0.2, 0) is 0 Å². The highest BCUT2D eigenvalue weighted by molar-refractivity contribution is 5.97. The van der Waals surface area contributed by atoms with Crippen molar-refractivity contribution in [2.75, 3.05) is 6.54 Å². The van der Waals surface area contributed by atoms with Gasteiger partial charge >= 0.3 is 0 Å². The number of benzene rings is 1. The number of nitrogens with two attached hydrogens (primary N) is 1. The second-order valence-corrected chi connectivity index (χ2v) is 4.52. The summed E-state index contributed by atoms with van der Waals surface area (Å²) in [4.78, 5) is 12.0. The summed E-state index contributed by atoms with van der Waals surface area (Å²) in [6, 6.07) is 5.11. The van der Waals surface area contributed by atoms with Crippen molar-refractivity contribution in [3.8, 4) is 5.75 Å². The summed E-state index contributed by atoms with van der Waals surface area (Å²) < 4.78 is 0. The van der Waals surface area contributed by atoms with Gasteiger partial charge in [-0.15, -0.1) is 0 Å². The summed E-state index contributed by atoms with van der Waals surface area (Å²) >= 11 is 0. The molecular weight excluding hydrogens is 228 g/mol. The molecule has 0 aliphatic carbocycles. The Balaban J connectivity index is 2.72. The van der Waals surface area contributed by atoms with Gasteiger partial charge in [0.25, 0.3) is 5.91 Å². The smallest absolute Gasteiger partial charge is 0.255 e. The molecule has 0 saturated heterocycles. The lowest BCUT2D eigenvalue weighted by atomic mass is 10.1. The topological polar surface area (TPSA) is 75.3 Å². The average Bonchev–Trinajstić information content (AvgIpc) is 2.37. The van der Waals surface area contributed by atoms with Gasteiger partial charge in [0.15, 0.2) is 0 Å². The van der Waals surface area contributed by atoms with Crippen molar-refractivity contribution in [3.63, 3.8) is 0 Å². The number of hydrogen-bond acceptors (Lipinski definition) is 3. The van der Waals surface area contributed by atoms with Gasteiger partial charge in [-0.2, -0.15) is 0 Å². The van der Waals surface area contributed by atoms with E-state index in [1.54, 1.807) is 25.1 Å². The van der Waals surface area contributed by atoms with E-state index in [1.807, 2.05) is 0 Å². The molecule has 0 heterocycles. The van der Waals surface area contributed by atoms with Crippen LogP contribution in [0.4, 0.5) is 0 Å². The van der Waals surface area contributed by atoms with Gasteiger partial charge < -0.3 is 16.2 Å². The first-order chi connectivity index (χ1) is 8.60. The summed E-state index contributed by atoms with van der Waals surface area (Å²) in [6.45, 7) is 4.28. The molecule has 1 amide bonds. The Morgan fingerprint density at radius 2 is 2.22 bits per heavy atom. The molecule has 4 N–H and O–H groups in total. The molecule has 1 rings (SSSR count). The molecule has 100 valence electrons. The molecule has 1 atom stereocenters. The number of aryl methyl sites for hydroxylation is 1. The van der Waals surface area contributed by atoms with E-state index in [0.717, 1.165) is 19.3 Å². The molecule has 1 unspecified atom stereocenters. The highest BCUT2D eigenvalue weighted by Crippen LogP contribution is 2.21. The number of rotatable bonds is 6. The van der Waals surface area contributed by atoms with E-state index in [0.29, 0.717) is 17.7 Å². The van der Waals surface area contributed by atoms with Crippen LogP contribution in [-0.4, -0.2) is 23.6 Å². The summed E-state index contributed by atoms with van der Waals surface area (Å²) in [5.74, 6) is -0.219. The normalized spacial score (nSPS) is 12.2. The molecule has 1 aromatic rings. The molecule has 0 radical (unpaired) electrons. The van der Waals surface area contributed by atoms with E-state index in [9.17, 15) is 9.90 Å². The van der Waals surface area contributed by atoms with Crippen molar-refractivity contribution < 1.29 is 9.90 Å². The second-order valence-electron chi connectivity index (χ2n) is 4.52. The number of carbonyl (C=O) groups excluding carboxylic acids is 1. The molecule has 0 aliphatic rings. The fourth-order valence-corrected chi connectivity index (χ4v) is 1.80. The highest BCUT2D eigenvalue weighted by atomic mass is 16.3. The number of amides is 1. The Hall–Kier alpha value is -1.55. The minimum Gasteiger partial charge on any atom is -0.507 e. The second kappa shape index (κ2) is 7.01. The summed E-state index contributed by atoms with van der Waals surface area (Å²) in [7, 11) is 0. The molecule has 0 bridgehead atoms. The fraction of sp³-hybridized carbons (Fsp3) is 0.500. The number of phenols is 1. The Morgan fingerprint density at radius 3 is 2.83 bits per heavy atom. The number of phenolic OH excluding ortho intramolecular Hbond substituents is 1. The molecule has 4 heteroatoms. The largest absolute Gasteiger partial charge is 0.507 e. The van der Waals surface area contributed by atoms with E-state index in [2.05, 4.69) is 12.2 Å². The Labute approximate surface area is 108 Å². The zero-order valence-electron chi connectivity index (χ0n) is 11.1. The van der Waals surface area contributed by atoms with Gasteiger partial charge in [-0.3, -0.25) is 4.79 Å². The van der Waals surface area contributed by atoms with Crippen LogP contribution in [0.2, 0.25) is 0 Å². The van der Waals surface area contributed by atoms with Gasteiger partial charge in [-0.05, 0) is 25.0 Å². The first-order valence-electron chi connectivity index (χ1n) is 6.39. The fourth-order valence-electron chi connectivity index (χ4n) is 1.80. The number of aromatic hydroxyl groups is 1. The van der Waals surface area contributed by atoms with Gasteiger partial charge in [-0.25, -0.2) is 0 Å². The molecule has 18 heavy (non-hydrogen) atoms. The zero-order chi connectivity index (χ0) is 13.5. The Morgan fingerprint density at radius 1 is 1.50 bits per heavy atom. The third kappa shape index (κ3) is 3.74. The standard InChI is InChI=1S/C14H22N2O2/c1-3-4-7-11(9-15)16-14(18)12-8-5-6-10(2)13(12)17/h5-6,8,11,17H,3-4,7,9,15H2,1-2H3,(H,16,18).